The molecule has 1 unspecified atom stereocenters. The molecule has 1 aromatic carbocycles. The first-order valence-electron chi connectivity index (χ1n) is 7.72. The zero-order valence-electron chi connectivity index (χ0n) is 14.0. The van der Waals surface area contributed by atoms with Crippen molar-refractivity contribution in [3.63, 3.8) is 0 Å². The van der Waals surface area contributed by atoms with E-state index in [2.05, 4.69) is 10.6 Å². The molecule has 0 radical (unpaired) electrons. The number of carbonyl (C=O) groups is 2. The SMILES string of the molecule is CN(C)C(=O)Cc1ccc(NC(=O)C2(C)CCCNC2)cc1.Cl. The predicted molar refractivity (Wildman–Crippen MR) is 94.9 cm³/mol. The number of anilines is 1. The quantitative estimate of drug-likeness (QED) is 0.882. The second-order valence-corrected chi connectivity index (χ2v) is 6.46. The topological polar surface area (TPSA) is 61.4 Å². The van der Waals surface area contributed by atoms with Crippen molar-refractivity contribution in [2.45, 2.75) is 26.2 Å². The minimum atomic E-state index is -0.349. The lowest BCUT2D eigenvalue weighted by molar-refractivity contribution is -0.128. The molecule has 0 saturated carbocycles. The highest BCUT2D eigenvalue weighted by Crippen LogP contribution is 2.27. The van der Waals surface area contributed by atoms with Crippen molar-refractivity contribution in [3.8, 4) is 0 Å². The fourth-order valence-corrected chi connectivity index (χ4v) is 2.57. The normalized spacial score (nSPS) is 20.3. The van der Waals surface area contributed by atoms with Gasteiger partial charge in [-0.3, -0.25) is 9.59 Å². The maximum absolute atomic E-state index is 12.4. The van der Waals surface area contributed by atoms with E-state index in [1.54, 1.807) is 19.0 Å². The Bertz CT molecular complexity index is 537. The van der Waals surface area contributed by atoms with Gasteiger partial charge in [0, 0.05) is 26.3 Å². The number of rotatable bonds is 4. The van der Waals surface area contributed by atoms with Crippen LogP contribution < -0.4 is 10.6 Å². The molecule has 2 amide bonds. The summed E-state index contributed by atoms with van der Waals surface area (Å²) in [4.78, 5) is 25.7. The Hall–Kier alpha value is -1.59. The summed E-state index contributed by atoms with van der Waals surface area (Å²) < 4.78 is 0. The number of hydrogen-bond donors (Lipinski definition) is 2. The van der Waals surface area contributed by atoms with E-state index in [0.717, 1.165) is 30.6 Å². The van der Waals surface area contributed by atoms with Gasteiger partial charge in [-0.25, -0.2) is 0 Å². The van der Waals surface area contributed by atoms with E-state index in [0.29, 0.717) is 13.0 Å². The van der Waals surface area contributed by atoms with Gasteiger partial charge in [0.15, 0.2) is 0 Å². The van der Waals surface area contributed by atoms with Crippen LogP contribution in [0.2, 0.25) is 0 Å². The summed E-state index contributed by atoms with van der Waals surface area (Å²) in [6.45, 7) is 3.70. The molecule has 2 rings (SSSR count). The first-order chi connectivity index (χ1) is 10.4. The summed E-state index contributed by atoms with van der Waals surface area (Å²) >= 11 is 0. The Morgan fingerprint density at radius 1 is 1.26 bits per heavy atom. The van der Waals surface area contributed by atoms with Crippen molar-refractivity contribution in [1.29, 1.82) is 0 Å². The van der Waals surface area contributed by atoms with Crippen LogP contribution in [0.15, 0.2) is 24.3 Å². The van der Waals surface area contributed by atoms with Crippen LogP contribution in [-0.2, 0) is 16.0 Å². The van der Waals surface area contributed by atoms with E-state index < -0.39 is 0 Å². The lowest BCUT2D eigenvalue weighted by atomic mass is 9.82. The van der Waals surface area contributed by atoms with Crippen LogP contribution in [0.4, 0.5) is 5.69 Å². The van der Waals surface area contributed by atoms with E-state index in [4.69, 9.17) is 0 Å². The van der Waals surface area contributed by atoms with Gasteiger partial charge in [0.1, 0.15) is 0 Å². The second-order valence-electron chi connectivity index (χ2n) is 6.46. The molecule has 1 aliphatic rings. The van der Waals surface area contributed by atoms with Crippen molar-refractivity contribution in [2.24, 2.45) is 5.41 Å². The number of nitrogens with zero attached hydrogens (tertiary/aromatic N) is 1. The molecule has 1 fully saturated rings. The summed E-state index contributed by atoms with van der Waals surface area (Å²) in [6, 6.07) is 7.49. The largest absolute Gasteiger partial charge is 0.349 e. The number of piperidine rings is 1. The van der Waals surface area contributed by atoms with Crippen LogP contribution in [0.1, 0.15) is 25.3 Å². The van der Waals surface area contributed by atoms with Crippen LogP contribution in [0, 0.1) is 5.41 Å². The first kappa shape index (κ1) is 19.5. The Morgan fingerprint density at radius 3 is 2.43 bits per heavy atom. The summed E-state index contributed by atoms with van der Waals surface area (Å²) in [5, 5.41) is 6.26. The van der Waals surface area contributed by atoms with Crippen LogP contribution in [0.25, 0.3) is 0 Å². The third-order valence-electron chi connectivity index (χ3n) is 4.21. The average molecular weight is 340 g/mol. The second kappa shape index (κ2) is 8.31. The molecule has 0 bridgehead atoms. The number of likely N-dealkylation sites (N-methyl/N-ethyl adjacent to an activating group) is 1. The minimum absolute atomic E-state index is 0. The van der Waals surface area contributed by atoms with Crippen molar-refractivity contribution < 1.29 is 9.59 Å². The van der Waals surface area contributed by atoms with Crippen LogP contribution in [0.3, 0.4) is 0 Å². The standard InChI is InChI=1S/C17H25N3O2.ClH/c1-17(9-4-10-18-12-17)16(22)19-14-7-5-13(6-8-14)11-15(21)20(2)3;/h5-8,18H,4,9-12H2,1-3H3,(H,19,22);1H. The summed E-state index contributed by atoms with van der Waals surface area (Å²) in [5.41, 5.74) is 1.37. The fourth-order valence-electron chi connectivity index (χ4n) is 2.57. The summed E-state index contributed by atoms with van der Waals surface area (Å²) in [6.07, 6.45) is 2.31. The molecular weight excluding hydrogens is 314 g/mol. The van der Waals surface area contributed by atoms with Crippen LogP contribution in [0.5, 0.6) is 0 Å². The molecule has 2 N–H and O–H groups in total. The van der Waals surface area contributed by atoms with Gasteiger partial charge in [0.2, 0.25) is 11.8 Å². The molecule has 1 atom stereocenters. The molecular formula is C17H26ClN3O2. The van der Waals surface area contributed by atoms with E-state index in [1.807, 2.05) is 31.2 Å². The third-order valence-corrected chi connectivity index (χ3v) is 4.21. The van der Waals surface area contributed by atoms with E-state index in [-0.39, 0.29) is 29.6 Å². The average Bonchev–Trinajstić information content (AvgIpc) is 2.49. The van der Waals surface area contributed by atoms with Crippen molar-refractivity contribution >= 4 is 29.9 Å². The van der Waals surface area contributed by atoms with Gasteiger partial charge in [-0.15, -0.1) is 12.4 Å². The Balaban J connectivity index is 0.00000264. The third kappa shape index (κ3) is 5.22. The molecule has 128 valence electrons. The highest BCUT2D eigenvalue weighted by Gasteiger charge is 2.34. The molecule has 1 heterocycles. The lowest BCUT2D eigenvalue weighted by Gasteiger charge is -2.32. The molecule has 0 aromatic heterocycles. The number of benzene rings is 1. The number of halogens is 1. The van der Waals surface area contributed by atoms with Gasteiger partial charge >= 0.3 is 0 Å². The van der Waals surface area contributed by atoms with Crippen molar-refractivity contribution in [3.05, 3.63) is 29.8 Å². The minimum Gasteiger partial charge on any atom is -0.349 e. The van der Waals surface area contributed by atoms with Gasteiger partial charge in [0.05, 0.1) is 11.8 Å². The maximum atomic E-state index is 12.4. The van der Waals surface area contributed by atoms with Crippen molar-refractivity contribution in [1.82, 2.24) is 10.2 Å². The maximum Gasteiger partial charge on any atom is 0.231 e. The van der Waals surface area contributed by atoms with Crippen LogP contribution in [-0.4, -0.2) is 43.9 Å². The molecule has 6 heteroatoms. The number of hydrogen-bond acceptors (Lipinski definition) is 3. The van der Waals surface area contributed by atoms with Crippen molar-refractivity contribution in [2.75, 3.05) is 32.5 Å². The predicted octanol–water partition coefficient (Wildman–Crippen LogP) is 2.07. The van der Waals surface area contributed by atoms with E-state index in [1.165, 1.54) is 0 Å². The zero-order valence-corrected chi connectivity index (χ0v) is 14.8. The fraction of sp³-hybridized carbons (Fsp3) is 0.529. The zero-order chi connectivity index (χ0) is 16.2. The van der Waals surface area contributed by atoms with Gasteiger partial charge in [-0.05, 0) is 44.0 Å². The monoisotopic (exact) mass is 339 g/mol. The Morgan fingerprint density at radius 2 is 1.91 bits per heavy atom. The van der Waals surface area contributed by atoms with Gasteiger partial charge in [-0.2, -0.15) is 0 Å². The molecule has 5 nitrogen and oxygen atoms in total. The van der Waals surface area contributed by atoms with Crippen LogP contribution >= 0.6 is 12.4 Å². The van der Waals surface area contributed by atoms with Gasteiger partial charge in [0.25, 0.3) is 0 Å². The molecule has 0 aliphatic carbocycles. The van der Waals surface area contributed by atoms with Gasteiger partial charge < -0.3 is 15.5 Å². The number of nitrogens with one attached hydrogen (secondary N) is 2. The lowest BCUT2D eigenvalue weighted by Crippen LogP contribution is -2.46. The smallest absolute Gasteiger partial charge is 0.231 e. The van der Waals surface area contributed by atoms with E-state index in [9.17, 15) is 9.59 Å². The number of amides is 2. The summed E-state index contributed by atoms with van der Waals surface area (Å²) in [7, 11) is 3.49. The molecule has 23 heavy (non-hydrogen) atoms. The Labute approximate surface area is 144 Å². The highest BCUT2D eigenvalue weighted by atomic mass is 35.5. The van der Waals surface area contributed by atoms with Gasteiger partial charge in [-0.1, -0.05) is 12.1 Å². The molecule has 1 saturated heterocycles. The first-order valence-corrected chi connectivity index (χ1v) is 7.72. The molecule has 1 aromatic rings. The molecule has 0 spiro atoms. The summed E-state index contributed by atoms with van der Waals surface area (Å²) in [5.74, 6) is 0.120. The number of carbonyl (C=O) groups excluding carboxylic acids is 2. The molecule has 1 aliphatic heterocycles. The van der Waals surface area contributed by atoms with E-state index >= 15 is 0 Å². The highest BCUT2D eigenvalue weighted by molar-refractivity contribution is 5.95. The Kier molecular flexibility index (Phi) is 7.03.